The molecule has 0 aliphatic heterocycles. The largest absolute Gasteiger partial charge is 0.462 e. The van der Waals surface area contributed by atoms with Gasteiger partial charge < -0.3 is 4.74 Å². The summed E-state index contributed by atoms with van der Waals surface area (Å²) in [5, 5.41) is 9.02. The second kappa shape index (κ2) is 5.67. The molecule has 0 spiro atoms. The quantitative estimate of drug-likeness (QED) is 0.484. The molecule has 0 N–H and O–H groups in total. The Labute approximate surface area is 121 Å². The fraction of sp³-hybridized carbons (Fsp3) is 0.267. The smallest absolute Gasteiger partial charge is 0.348 e. The molecule has 2 rings (SSSR count). The Hall–Kier alpha value is -2.81. The second-order valence-corrected chi connectivity index (χ2v) is 4.54. The van der Waals surface area contributed by atoms with Gasteiger partial charge in [0.05, 0.1) is 17.6 Å². The predicted molar refractivity (Wildman–Crippen MR) is 78.4 cm³/mol. The molecule has 0 atom stereocenters. The van der Waals surface area contributed by atoms with Gasteiger partial charge in [0.1, 0.15) is 11.6 Å². The summed E-state index contributed by atoms with van der Waals surface area (Å²) in [5.41, 5.74) is 1.98. The van der Waals surface area contributed by atoms with Crippen molar-refractivity contribution in [1.82, 2.24) is 9.13 Å². The molecular weight excluding hydrogens is 270 g/mol. The summed E-state index contributed by atoms with van der Waals surface area (Å²) in [7, 11) is 3.37. The number of ether oxygens (including phenoxy) is 1. The lowest BCUT2D eigenvalue weighted by molar-refractivity contribution is -0.137. The van der Waals surface area contributed by atoms with Gasteiger partial charge in [-0.15, -0.1) is 0 Å². The Morgan fingerprint density at radius 3 is 2.62 bits per heavy atom. The van der Waals surface area contributed by atoms with E-state index in [9.17, 15) is 9.59 Å². The lowest BCUT2D eigenvalue weighted by atomic mass is 10.1. The van der Waals surface area contributed by atoms with Crippen molar-refractivity contribution in [2.45, 2.75) is 6.92 Å². The normalized spacial score (nSPS) is 11.4. The maximum atomic E-state index is 11.9. The van der Waals surface area contributed by atoms with Gasteiger partial charge >= 0.3 is 11.7 Å². The topological polar surface area (TPSA) is 77.0 Å². The van der Waals surface area contributed by atoms with Crippen LogP contribution in [-0.2, 0) is 23.6 Å². The Morgan fingerprint density at radius 1 is 1.33 bits per heavy atom. The van der Waals surface area contributed by atoms with Crippen LogP contribution in [0, 0.1) is 11.3 Å². The number of esters is 1. The predicted octanol–water partition coefficient (Wildman–Crippen LogP) is 1.35. The van der Waals surface area contributed by atoms with Crippen LogP contribution in [0.15, 0.2) is 28.6 Å². The standard InChI is InChI=1S/C15H15N3O3/c1-4-21-14(19)11(9-16)7-10-5-6-12-13(8-10)18(3)15(20)17(12)2/h5-8H,4H2,1-3H3/b11-7+. The number of fused-ring (bicyclic) bond motifs is 1. The van der Waals surface area contributed by atoms with E-state index >= 15 is 0 Å². The van der Waals surface area contributed by atoms with Gasteiger partial charge in [-0.1, -0.05) is 6.07 Å². The molecule has 6 nitrogen and oxygen atoms in total. The first-order valence-electron chi connectivity index (χ1n) is 6.44. The average Bonchev–Trinajstić information content (AvgIpc) is 2.69. The summed E-state index contributed by atoms with van der Waals surface area (Å²) in [6.45, 7) is 1.89. The molecule has 0 unspecified atom stereocenters. The van der Waals surface area contributed by atoms with Crippen molar-refractivity contribution >= 4 is 23.1 Å². The molecule has 1 aromatic heterocycles. The van der Waals surface area contributed by atoms with Crippen LogP contribution in [0.1, 0.15) is 12.5 Å². The van der Waals surface area contributed by atoms with E-state index in [1.165, 1.54) is 10.6 Å². The third-order valence-electron chi connectivity index (χ3n) is 3.22. The number of nitrogens with zero attached hydrogens (tertiary/aromatic N) is 3. The van der Waals surface area contributed by atoms with Crippen molar-refractivity contribution in [3.05, 3.63) is 39.8 Å². The Bertz CT molecular complexity index is 834. The van der Waals surface area contributed by atoms with Gasteiger partial charge in [0.25, 0.3) is 0 Å². The van der Waals surface area contributed by atoms with Crippen LogP contribution in [0.5, 0.6) is 0 Å². The third kappa shape index (κ3) is 2.58. The fourth-order valence-electron chi connectivity index (χ4n) is 2.13. The molecule has 0 fully saturated rings. The zero-order valence-electron chi connectivity index (χ0n) is 12.1. The maximum Gasteiger partial charge on any atom is 0.348 e. The lowest BCUT2D eigenvalue weighted by Crippen LogP contribution is -2.19. The van der Waals surface area contributed by atoms with Crippen LogP contribution in [0.25, 0.3) is 17.1 Å². The first-order valence-corrected chi connectivity index (χ1v) is 6.44. The molecule has 21 heavy (non-hydrogen) atoms. The van der Waals surface area contributed by atoms with Crippen LogP contribution in [0.4, 0.5) is 0 Å². The Kier molecular flexibility index (Phi) is 3.94. The number of imidazole rings is 1. The second-order valence-electron chi connectivity index (χ2n) is 4.54. The van der Waals surface area contributed by atoms with E-state index in [2.05, 4.69) is 0 Å². The highest BCUT2D eigenvalue weighted by Crippen LogP contribution is 2.16. The van der Waals surface area contributed by atoms with Crippen LogP contribution in [0.3, 0.4) is 0 Å². The van der Waals surface area contributed by atoms with Gasteiger partial charge in [-0.3, -0.25) is 9.13 Å². The minimum Gasteiger partial charge on any atom is -0.462 e. The Balaban J connectivity index is 2.53. The number of hydrogen-bond acceptors (Lipinski definition) is 4. The summed E-state index contributed by atoms with van der Waals surface area (Å²) in [5.74, 6) is -0.651. The minimum absolute atomic E-state index is 0.0721. The first-order chi connectivity index (χ1) is 9.99. The number of nitriles is 1. The highest BCUT2D eigenvalue weighted by molar-refractivity contribution is 5.98. The average molecular weight is 285 g/mol. The summed E-state index contributed by atoms with van der Waals surface area (Å²) in [6, 6.07) is 7.11. The zero-order chi connectivity index (χ0) is 15.6. The molecule has 108 valence electrons. The fourth-order valence-corrected chi connectivity index (χ4v) is 2.13. The van der Waals surface area contributed by atoms with Gasteiger partial charge in [0.15, 0.2) is 0 Å². The highest BCUT2D eigenvalue weighted by atomic mass is 16.5. The van der Waals surface area contributed by atoms with Crippen LogP contribution in [0.2, 0.25) is 0 Å². The molecule has 0 amide bonds. The van der Waals surface area contributed by atoms with Crippen molar-refractivity contribution < 1.29 is 9.53 Å². The minimum atomic E-state index is -0.651. The number of aryl methyl sites for hydroxylation is 2. The molecular formula is C15H15N3O3. The lowest BCUT2D eigenvalue weighted by Gasteiger charge is -2.01. The molecule has 6 heteroatoms. The maximum absolute atomic E-state index is 11.9. The number of carbonyl (C=O) groups excluding carboxylic acids is 1. The van der Waals surface area contributed by atoms with Crippen LogP contribution < -0.4 is 5.69 Å². The van der Waals surface area contributed by atoms with Crippen molar-refractivity contribution in [2.75, 3.05) is 6.61 Å². The van der Waals surface area contributed by atoms with E-state index < -0.39 is 5.97 Å². The van der Waals surface area contributed by atoms with E-state index in [0.29, 0.717) is 5.56 Å². The highest BCUT2D eigenvalue weighted by Gasteiger charge is 2.11. The van der Waals surface area contributed by atoms with Crippen molar-refractivity contribution in [3.8, 4) is 6.07 Å². The molecule has 0 radical (unpaired) electrons. The summed E-state index contributed by atoms with van der Waals surface area (Å²) in [6.07, 6.45) is 1.45. The molecule has 1 heterocycles. The molecule has 0 saturated carbocycles. The van der Waals surface area contributed by atoms with Gasteiger partial charge in [0, 0.05) is 14.1 Å². The molecule has 1 aromatic carbocycles. The van der Waals surface area contributed by atoms with E-state index in [1.807, 2.05) is 6.07 Å². The summed E-state index contributed by atoms with van der Waals surface area (Å²) in [4.78, 5) is 23.5. The van der Waals surface area contributed by atoms with Crippen LogP contribution in [-0.4, -0.2) is 21.7 Å². The van der Waals surface area contributed by atoms with E-state index in [4.69, 9.17) is 10.00 Å². The van der Waals surface area contributed by atoms with Crippen molar-refractivity contribution in [2.24, 2.45) is 14.1 Å². The van der Waals surface area contributed by atoms with Crippen molar-refractivity contribution in [3.63, 3.8) is 0 Å². The molecule has 2 aromatic rings. The first kappa shape index (κ1) is 14.6. The molecule has 0 saturated heterocycles. The van der Waals surface area contributed by atoms with E-state index in [-0.39, 0.29) is 17.9 Å². The van der Waals surface area contributed by atoms with Gasteiger partial charge in [-0.2, -0.15) is 5.26 Å². The molecule has 0 bridgehead atoms. The van der Waals surface area contributed by atoms with E-state index in [0.717, 1.165) is 11.0 Å². The number of aromatic nitrogens is 2. The molecule has 0 aliphatic carbocycles. The van der Waals surface area contributed by atoms with Crippen LogP contribution >= 0.6 is 0 Å². The SMILES string of the molecule is CCOC(=O)/C(C#N)=C/c1ccc2c(c1)n(C)c(=O)n2C. The molecule has 0 aliphatic rings. The summed E-state index contributed by atoms with van der Waals surface area (Å²) < 4.78 is 7.87. The van der Waals surface area contributed by atoms with Gasteiger partial charge in [-0.05, 0) is 30.7 Å². The van der Waals surface area contributed by atoms with Gasteiger partial charge in [0.2, 0.25) is 0 Å². The zero-order valence-corrected chi connectivity index (χ0v) is 12.1. The summed E-state index contributed by atoms with van der Waals surface area (Å²) >= 11 is 0. The van der Waals surface area contributed by atoms with Gasteiger partial charge in [-0.25, -0.2) is 9.59 Å². The number of carbonyl (C=O) groups is 1. The Morgan fingerprint density at radius 2 is 2.00 bits per heavy atom. The monoisotopic (exact) mass is 285 g/mol. The number of hydrogen-bond donors (Lipinski definition) is 0. The number of benzene rings is 1. The number of rotatable bonds is 3. The van der Waals surface area contributed by atoms with Crippen molar-refractivity contribution in [1.29, 1.82) is 5.26 Å². The van der Waals surface area contributed by atoms with E-state index in [1.54, 1.807) is 43.8 Å². The third-order valence-corrected chi connectivity index (χ3v) is 3.22.